The highest BCUT2D eigenvalue weighted by molar-refractivity contribution is 6.30. The largest absolute Gasteiger partial charge is 0.480 e. The molecule has 0 bridgehead atoms. The van der Waals surface area contributed by atoms with Crippen molar-refractivity contribution in [2.75, 3.05) is 19.6 Å². The molecule has 0 aromatic heterocycles. The second kappa shape index (κ2) is 23.0. The van der Waals surface area contributed by atoms with Crippen molar-refractivity contribution in [2.45, 2.75) is 116 Å². The second-order valence-electron chi connectivity index (χ2n) is 15.4. The average Bonchev–Trinajstić information content (AvgIpc) is 3.11. The van der Waals surface area contributed by atoms with Gasteiger partial charge in [-0.05, 0) is 122 Å². The highest BCUT2D eigenvalue weighted by Gasteiger charge is 2.29. The normalized spacial score (nSPS) is 12.8. The first kappa shape index (κ1) is 47.8. The minimum absolute atomic E-state index is 0.0870. The summed E-state index contributed by atoms with van der Waals surface area (Å²) in [4.78, 5) is 88.4. The fraction of sp³-hybridized carbons (Fsp3) is 0.525. The van der Waals surface area contributed by atoms with Gasteiger partial charge in [-0.3, -0.25) is 24.0 Å². The van der Waals surface area contributed by atoms with Gasteiger partial charge in [0.2, 0.25) is 17.7 Å². The number of aliphatic carboxylic acids is 1. The molecule has 6 amide bonds. The van der Waals surface area contributed by atoms with Crippen LogP contribution in [-0.4, -0.2) is 95.9 Å². The number of hydrogen-bond acceptors (Lipinski definition) is 9. The molecule has 17 heteroatoms. The van der Waals surface area contributed by atoms with Gasteiger partial charge >= 0.3 is 18.2 Å². The number of benzene rings is 2. The van der Waals surface area contributed by atoms with E-state index >= 15 is 0 Å². The van der Waals surface area contributed by atoms with Crippen LogP contribution in [-0.2, 0) is 28.7 Å². The van der Waals surface area contributed by atoms with E-state index in [1.165, 1.54) is 6.92 Å². The Kier molecular flexibility index (Phi) is 19.3. The summed E-state index contributed by atoms with van der Waals surface area (Å²) in [6, 6.07) is 10.5. The number of halogens is 1. The van der Waals surface area contributed by atoms with Gasteiger partial charge in [0.25, 0.3) is 5.91 Å². The Morgan fingerprint density at radius 1 is 0.614 bits per heavy atom. The summed E-state index contributed by atoms with van der Waals surface area (Å²) < 4.78 is 10.5. The predicted molar refractivity (Wildman–Crippen MR) is 214 cm³/mol. The van der Waals surface area contributed by atoms with E-state index in [2.05, 4.69) is 31.9 Å². The van der Waals surface area contributed by atoms with Crippen LogP contribution in [0.25, 0.3) is 11.1 Å². The van der Waals surface area contributed by atoms with Gasteiger partial charge in [0.1, 0.15) is 35.9 Å². The lowest BCUT2D eigenvalue weighted by Gasteiger charge is -2.25. The van der Waals surface area contributed by atoms with E-state index < -0.39 is 77.7 Å². The van der Waals surface area contributed by atoms with Crippen LogP contribution < -0.4 is 31.9 Å². The van der Waals surface area contributed by atoms with Crippen molar-refractivity contribution in [1.82, 2.24) is 31.9 Å². The maximum absolute atomic E-state index is 13.9. The van der Waals surface area contributed by atoms with Crippen molar-refractivity contribution >= 4 is 53.4 Å². The van der Waals surface area contributed by atoms with Gasteiger partial charge in [-0.2, -0.15) is 0 Å². The number of amides is 6. The summed E-state index contributed by atoms with van der Waals surface area (Å²) in [5.41, 5.74) is 0.650. The number of hydrogen-bond donors (Lipinski definition) is 7. The van der Waals surface area contributed by atoms with Crippen molar-refractivity contribution in [3.05, 3.63) is 59.1 Å². The molecule has 0 aliphatic rings. The third kappa shape index (κ3) is 19.9. The summed E-state index contributed by atoms with van der Waals surface area (Å²) in [5, 5.41) is 25.0. The van der Waals surface area contributed by atoms with Gasteiger partial charge in [0, 0.05) is 23.7 Å². The summed E-state index contributed by atoms with van der Waals surface area (Å²) in [6.45, 7) is 11.6. The lowest BCUT2D eigenvalue weighted by molar-refractivity contribution is -0.138. The summed E-state index contributed by atoms with van der Waals surface area (Å²) >= 11 is 6.02. The van der Waals surface area contributed by atoms with Crippen LogP contribution in [0.3, 0.4) is 0 Å². The minimum atomic E-state index is -1.27. The molecule has 2 rings (SSSR count). The number of ether oxygens (including phenoxy) is 2. The van der Waals surface area contributed by atoms with E-state index in [9.17, 15) is 33.6 Å². The molecule has 0 saturated carbocycles. The van der Waals surface area contributed by atoms with Crippen molar-refractivity contribution in [1.29, 1.82) is 0 Å². The first-order valence-electron chi connectivity index (χ1n) is 18.8. The van der Waals surface area contributed by atoms with Crippen molar-refractivity contribution in [3.8, 4) is 11.1 Å². The Morgan fingerprint density at radius 2 is 1.05 bits per heavy atom. The number of carboxylic acid groups (broad SMARTS) is 1. The van der Waals surface area contributed by atoms with Gasteiger partial charge in [-0.1, -0.05) is 35.9 Å². The molecule has 3 atom stereocenters. The second-order valence-corrected chi connectivity index (χ2v) is 15.8. The Bertz CT molecular complexity index is 1670. The number of rotatable bonds is 20. The molecule has 0 aliphatic heterocycles. The Hall–Kier alpha value is -5.38. The molecule has 314 valence electrons. The van der Waals surface area contributed by atoms with Crippen LogP contribution in [0.1, 0.15) is 97.3 Å². The van der Waals surface area contributed by atoms with Crippen molar-refractivity contribution in [3.63, 3.8) is 0 Å². The number of unbranched alkanes of at least 4 members (excludes halogenated alkanes) is 2. The molecule has 0 aliphatic carbocycles. The molecule has 0 fully saturated rings. The van der Waals surface area contributed by atoms with Crippen LogP contribution in [0.2, 0.25) is 5.02 Å². The van der Waals surface area contributed by atoms with Crippen molar-refractivity contribution < 1.29 is 48.1 Å². The molecule has 0 spiro atoms. The van der Waals surface area contributed by atoms with Gasteiger partial charge < -0.3 is 46.5 Å². The van der Waals surface area contributed by atoms with E-state index in [-0.39, 0.29) is 31.5 Å². The Morgan fingerprint density at radius 3 is 1.51 bits per heavy atom. The smallest absolute Gasteiger partial charge is 0.407 e. The lowest BCUT2D eigenvalue weighted by atomic mass is 10.0. The molecule has 0 saturated heterocycles. The van der Waals surface area contributed by atoms with E-state index in [1.807, 2.05) is 12.1 Å². The highest BCUT2D eigenvalue weighted by atomic mass is 35.5. The van der Waals surface area contributed by atoms with Crippen LogP contribution in [0.15, 0.2) is 48.5 Å². The zero-order valence-electron chi connectivity index (χ0n) is 33.7. The predicted octanol–water partition coefficient (Wildman–Crippen LogP) is 4.69. The molecule has 2 aromatic carbocycles. The Balaban J connectivity index is 2.23. The van der Waals surface area contributed by atoms with E-state index in [0.29, 0.717) is 30.7 Å². The molecule has 0 heterocycles. The molecular formula is C40H57ClN6O10. The van der Waals surface area contributed by atoms with Gasteiger partial charge in [0.15, 0.2) is 0 Å². The molecule has 0 unspecified atom stereocenters. The highest BCUT2D eigenvalue weighted by Crippen LogP contribution is 2.22. The summed E-state index contributed by atoms with van der Waals surface area (Å²) in [5.74, 6) is -3.94. The fourth-order valence-corrected chi connectivity index (χ4v) is 5.29. The molecule has 0 radical (unpaired) electrons. The number of alkyl carbamates (subject to hydrolysis) is 2. The summed E-state index contributed by atoms with van der Waals surface area (Å²) in [7, 11) is 0. The maximum Gasteiger partial charge on any atom is 0.407 e. The van der Waals surface area contributed by atoms with E-state index in [1.54, 1.807) is 77.9 Å². The fourth-order valence-electron chi connectivity index (χ4n) is 5.16. The molecule has 16 nitrogen and oxygen atoms in total. The Labute approximate surface area is 338 Å². The van der Waals surface area contributed by atoms with E-state index in [0.717, 1.165) is 11.1 Å². The van der Waals surface area contributed by atoms with Gasteiger partial charge in [-0.15, -0.1) is 0 Å². The van der Waals surface area contributed by atoms with E-state index in [4.69, 9.17) is 26.2 Å². The van der Waals surface area contributed by atoms with Gasteiger partial charge in [0.05, 0.1) is 0 Å². The monoisotopic (exact) mass is 816 g/mol. The molecule has 57 heavy (non-hydrogen) atoms. The van der Waals surface area contributed by atoms with Gasteiger partial charge in [-0.25, -0.2) is 9.59 Å². The zero-order chi connectivity index (χ0) is 42.8. The van der Waals surface area contributed by atoms with Crippen molar-refractivity contribution in [2.24, 2.45) is 0 Å². The number of carbonyl (C=O) groups is 7. The summed E-state index contributed by atoms with van der Waals surface area (Å²) in [6.07, 6.45) is 0.608. The number of carboxylic acids is 1. The van der Waals surface area contributed by atoms with Crippen LogP contribution in [0, 0.1) is 0 Å². The van der Waals surface area contributed by atoms with Crippen LogP contribution >= 0.6 is 11.6 Å². The topological polar surface area (TPSA) is 230 Å². The van der Waals surface area contributed by atoms with Crippen LogP contribution in [0.5, 0.6) is 0 Å². The third-order valence-electron chi connectivity index (χ3n) is 7.92. The molecule has 2 aromatic rings. The number of carbonyl (C=O) groups excluding carboxylic acids is 6. The quantitative estimate of drug-likeness (QED) is 0.0912. The van der Waals surface area contributed by atoms with Crippen LogP contribution in [0.4, 0.5) is 9.59 Å². The lowest BCUT2D eigenvalue weighted by Crippen LogP contribution is -2.56. The zero-order valence-corrected chi connectivity index (χ0v) is 34.5. The molecule has 7 N–H and O–H groups in total. The molecular weight excluding hydrogens is 760 g/mol. The number of nitrogens with one attached hydrogen (secondary N) is 6. The third-order valence-corrected chi connectivity index (χ3v) is 8.17. The average molecular weight is 817 g/mol. The first-order valence-corrected chi connectivity index (χ1v) is 19.2. The SMILES string of the molecule is C[C@H](NC(=O)[C@H](CCCCNC(=O)OC(C)(C)C)NC(=O)[C@H](CCCCNC(=O)OC(C)(C)C)NC(=O)c1ccc(-c2ccc(Cl)cc2)cc1)C(=O)NCC(=O)O. The maximum atomic E-state index is 13.9. The standard InChI is InChI=1S/C40H57ClN6O10/c1-25(33(50)44-24-32(48)49)45-35(52)30(12-8-10-22-42-37(54)56-39(2,3)4)47-36(53)31(13-9-11-23-43-38(55)57-40(5,6)7)46-34(51)28-16-14-26(15-17-28)27-18-20-29(41)21-19-27/h14-21,25,30-31H,8-13,22-24H2,1-7H3,(H,42,54)(H,43,55)(H,44,50)(H,45,52)(H,46,51)(H,47,53)(H,48,49)/t25-,30-,31-/m0/s1. The first-order chi connectivity index (χ1) is 26.6. The minimum Gasteiger partial charge on any atom is -0.480 e.